The lowest BCUT2D eigenvalue weighted by Gasteiger charge is -2.07. The molecule has 0 bridgehead atoms. The van der Waals surface area contributed by atoms with Gasteiger partial charge in [-0.25, -0.2) is 0 Å². The van der Waals surface area contributed by atoms with Crippen molar-refractivity contribution in [3.8, 4) is 11.5 Å². The van der Waals surface area contributed by atoms with Crippen LogP contribution in [0.15, 0.2) is 18.2 Å². The molecule has 1 rings (SSSR count). The van der Waals surface area contributed by atoms with E-state index in [1.54, 1.807) is 18.2 Å². The predicted octanol–water partition coefficient (Wildman–Crippen LogP) is 1.76. The van der Waals surface area contributed by atoms with E-state index in [2.05, 4.69) is 9.24 Å². The van der Waals surface area contributed by atoms with Crippen LogP contribution in [0.2, 0.25) is 0 Å². The highest BCUT2D eigenvalue weighted by Crippen LogP contribution is 2.23. The van der Waals surface area contributed by atoms with Crippen molar-refractivity contribution in [2.75, 3.05) is 19.9 Å². The lowest BCUT2D eigenvalue weighted by Crippen LogP contribution is -1.99. The topological polar surface area (TPSA) is 35.5 Å². The maximum atomic E-state index is 10.6. The van der Waals surface area contributed by atoms with Gasteiger partial charge in [0.15, 0.2) is 6.29 Å². The summed E-state index contributed by atoms with van der Waals surface area (Å²) in [6, 6.07) is 5.15. The first-order chi connectivity index (χ1) is 6.81. The minimum atomic E-state index is 0.533. The number of benzene rings is 1. The van der Waals surface area contributed by atoms with Crippen LogP contribution in [0.25, 0.3) is 0 Å². The van der Waals surface area contributed by atoms with Gasteiger partial charge in [-0.2, -0.15) is 0 Å². The monoisotopic (exact) mass is 212 g/mol. The van der Waals surface area contributed by atoms with Crippen molar-refractivity contribution in [3.63, 3.8) is 0 Å². The van der Waals surface area contributed by atoms with Gasteiger partial charge in [-0.3, -0.25) is 4.79 Å². The predicted molar refractivity (Wildman–Crippen MR) is 58.5 cm³/mol. The summed E-state index contributed by atoms with van der Waals surface area (Å²) in [6.45, 7) is 0.633. The van der Waals surface area contributed by atoms with Crippen LogP contribution < -0.4 is 9.47 Å². The Balaban J connectivity index is 2.84. The minimum absolute atomic E-state index is 0.533. The summed E-state index contributed by atoms with van der Waals surface area (Å²) >= 11 is 0. The average molecular weight is 212 g/mol. The largest absolute Gasteiger partial charge is 0.496 e. The fourth-order valence-corrected chi connectivity index (χ4v) is 1.17. The van der Waals surface area contributed by atoms with Crippen LogP contribution in [-0.4, -0.2) is 26.2 Å². The maximum absolute atomic E-state index is 10.6. The van der Waals surface area contributed by atoms with Gasteiger partial charge in [0, 0.05) is 6.07 Å². The molecule has 0 aliphatic heterocycles. The molecule has 0 amide bonds. The van der Waals surface area contributed by atoms with Gasteiger partial charge in [-0.15, -0.1) is 9.24 Å². The van der Waals surface area contributed by atoms with E-state index in [0.717, 1.165) is 18.2 Å². The number of hydrogen-bond acceptors (Lipinski definition) is 3. The molecular weight excluding hydrogens is 199 g/mol. The second kappa shape index (κ2) is 5.61. The fourth-order valence-electron chi connectivity index (χ4n) is 1.06. The Labute approximate surface area is 85.6 Å². The van der Waals surface area contributed by atoms with E-state index >= 15 is 0 Å². The van der Waals surface area contributed by atoms with Crippen molar-refractivity contribution in [3.05, 3.63) is 23.8 Å². The summed E-state index contributed by atoms with van der Waals surface area (Å²) in [7, 11) is 4.11. The molecule has 3 nitrogen and oxygen atoms in total. The SMILES string of the molecule is COc1cc(OCCP)ccc1C=O. The van der Waals surface area contributed by atoms with Crippen LogP contribution >= 0.6 is 9.24 Å². The molecule has 0 saturated carbocycles. The molecule has 0 aromatic heterocycles. The first-order valence-corrected chi connectivity index (χ1v) is 5.09. The highest BCUT2D eigenvalue weighted by atomic mass is 31.0. The molecule has 0 saturated heterocycles. The minimum Gasteiger partial charge on any atom is -0.496 e. The van der Waals surface area contributed by atoms with Crippen molar-refractivity contribution in [1.82, 2.24) is 0 Å². The van der Waals surface area contributed by atoms with Crippen molar-refractivity contribution < 1.29 is 14.3 Å². The zero-order valence-electron chi connectivity index (χ0n) is 8.03. The summed E-state index contributed by atoms with van der Waals surface area (Å²) in [5.74, 6) is 1.26. The van der Waals surface area contributed by atoms with Crippen LogP contribution in [0.3, 0.4) is 0 Å². The molecule has 0 aliphatic rings. The van der Waals surface area contributed by atoms with Crippen molar-refractivity contribution in [2.24, 2.45) is 0 Å². The van der Waals surface area contributed by atoms with Gasteiger partial charge in [-0.05, 0) is 18.3 Å². The molecule has 0 radical (unpaired) electrons. The number of hydrogen-bond donors (Lipinski definition) is 0. The Morgan fingerprint density at radius 2 is 2.29 bits per heavy atom. The van der Waals surface area contributed by atoms with E-state index in [1.807, 2.05) is 0 Å². The van der Waals surface area contributed by atoms with E-state index in [4.69, 9.17) is 9.47 Å². The van der Waals surface area contributed by atoms with E-state index in [1.165, 1.54) is 7.11 Å². The third-order valence-corrected chi connectivity index (χ3v) is 1.95. The maximum Gasteiger partial charge on any atom is 0.153 e. The number of methoxy groups -OCH3 is 1. The molecule has 76 valence electrons. The first-order valence-electron chi connectivity index (χ1n) is 4.28. The lowest BCUT2D eigenvalue weighted by molar-refractivity contribution is 0.112. The van der Waals surface area contributed by atoms with E-state index in [-0.39, 0.29) is 0 Å². The number of aldehydes is 1. The van der Waals surface area contributed by atoms with Gasteiger partial charge in [-0.1, -0.05) is 0 Å². The average Bonchev–Trinajstić information content (AvgIpc) is 2.25. The van der Waals surface area contributed by atoms with Crippen LogP contribution in [0.5, 0.6) is 11.5 Å². The molecule has 1 unspecified atom stereocenters. The van der Waals surface area contributed by atoms with E-state index < -0.39 is 0 Å². The fraction of sp³-hybridized carbons (Fsp3) is 0.300. The lowest BCUT2D eigenvalue weighted by atomic mass is 10.2. The zero-order chi connectivity index (χ0) is 10.4. The molecule has 0 spiro atoms. The molecule has 4 heteroatoms. The molecule has 1 aromatic rings. The van der Waals surface area contributed by atoms with Crippen LogP contribution in [-0.2, 0) is 0 Å². The molecule has 14 heavy (non-hydrogen) atoms. The van der Waals surface area contributed by atoms with Gasteiger partial charge >= 0.3 is 0 Å². The van der Waals surface area contributed by atoms with Gasteiger partial charge in [0.2, 0.25) is 0 Å². The molecule has 1 atom stereocenters. The third kappa shape index (κ3) is 2.71. The van der Waals surface area contributed by atoms with Crippen molar-refractivity contribution >= 4 is 15.5 Å². The van der Waals surface area contributed by atoms with Crippen molar-refractivity contribution in [1.29, 1.82) is 0 Å². The molecule has 1 aromatic carbocycles. The van der Waals surface area contributed by atoms with Crippen LogP contribution in [0, 0.1) is 0 Å². The summed E-state index contributed by atoms with van der Waals surface area (Å²) in [4.78, 5) is 10.6. The molecule has 0 heterocycles. The van der Waals surface area contributed by atoms with E-state index in [0.29, 0.717) is 17.9 Å². The Hall–Kier alpha value is -1.08. The Bertz CT molecular complexity index is 312. The normalized spacial score (nSPS) is 9.57. The number of carbonyl (C=O) groups excluding carboxylic acids is 1. The van der Waals surface area contributed by atoms with Gasteiger partial charge in [0.1, 0.15) is 11.5 Å². The highest BCUT2D eigenvalue weighted by molar-refractivity contribution is 7.16. The quantitative estimate of drug-likeness (QED) is 0.551. The molecule has 0 N–H and O–H groups in total. The third-order valence-electron chi connectivity index (χ3n) is 1.72. The smallest absolute Gasteiger partial charge is 0.153 e. The molecule has 0 aliphatic carbocycles. The standard InChI is InChI=1S/C10H13O3P/c1-12-10-6-9(13-4-5-14)3-2-8(10)7-11/h2-3,6-7H,4-5,14H2,1H3. The summed E-state index contributed by atoms with van der Waals surface area (Å²) in [6.07, 6.45) is 1.63. The van der Waals surface area contributed by atoms with E-state index in [9.17, 15) is 4.79 Å². The second-order valence-corrected chi connectivity index (χ2v) is 3.24. The van der Waals surface area contributed by atoms with Crippen LogP contribution in [0.4, 0.5) is 0 Å². The first kappa shape index (κ1) is 11.0. The highest BCUT2D eigenvalue weighted by Gasteiger charge is 2.03. The number of rotatable bonds is 5. The zero-order valence-corrected chi connectivity index (χ0v) is 9.18. The number of carbonyl (C=O) groups is 1. The van der Waals surface area contributed by atoms with Crippen LogP contribution in [0.1, 0.15) is 10.4 Å². The number of ether oxygens (including phenoxy) is 2. The Morgan fingerprint density at radius 3 is 2.86 bits per heavy atom. The van der Waals surface area contributed by atoms with Gasteiger partial charge in [0.25, 0.3) is 0 Å². The second-order valence-electron chi connectivity index (χ2n) is 2.66. The summed E-state index contributed by atoms with van der Waals surface area (Å²) < 4.78 is 10.4. The summed E-state index contributed by atoms with van der Waals surface area (Å²) in [5, 5.41) is 0. The molecular formula is C10H13O3P. The van der Waals surface area contributed by atoms with Crippen molar-refractivity contribution in [2.45, 2.75) is 0 Å². The Morgan fingerprint density at radius 1 is 1.50 bits per heavy atom. The molecule has 0 fully saturated rings. The summed E-state index contributed by atoms with van der Waals surface area (Å²) in [5.41, 5.74) is 0.533. The Kier molecular flexibility index (Phi) is 4.41. The van der Waals surface area contributed by atoms with Gasteiger partial charge in [0.05, 0.1) is 19.3 Å². The van der Waals surface area contributed by atoms with Gasteiger partial charge < -0.3 is 9.47 Å².